The Kier molecular flexibility index (Phi) is 6.90. The maximum atomic E-state index is 11.9. The smallest absolute Gasteiger partial charge is 0.310 e. The Morgan fingerprint density at radius 3 is 2.38 bits per heavy atom. The van der Waals surface area contributed by atoms with Crippen LogP contribution in [0.2, 0.25) is 0 Å². The molecule has 0 aliphatic rings. The minimum atomic E-state index is -0.412. The fraction of sp³-hybridized carbons (Fsp3) is 0.611. The standard InChI is InChI=1S/C18H29NO2/c1-14(17(20)21-18(3,4)5)13-19-15(2)11-12-16-9-7-6-8-10-16/h6-10,14-15,19H,11-13H2,1-5H3/t14-,15-/m0/s1. The van der Waals surface area contributed by atoms with Crippen LogP contribution in [0.4, 0.5) is 0 Å². The Morgan fingerprint density at radius 1 is 1.19 bits per heavy atom. The average Bonchev–Trinajstić information content (AvgIpc) is 2.41. The molecule has 1 rings (SSSR count). The van der Waals surface area contributed by atoms with E-state index in [4.69, 9.17) is 4.74 Å². The summed E-state index contributed by atoms with van der Waals surface area (Å²) >= 11 is 0. The summed E-state index contributed by atoms with van der Waals surface area (Å²) in [4.78, 5) is 11.9. The van der Waals surface area contributed by atoms with Crippen LogP contribution in [0.5, 0.6) is 0 Å². The zero-order valence-electron chi connectivity index (χ0n) is 14.0. The molecule has 0 amide bonds. The van der Waals surface area contributed by atoms with Crippen molar-refractivity contribution < 1.29 is 9.53 Å². The molecule has 0 aliphatic heterocycles. The predicted molar refractivity (Wildman–Crippen MR) is 87.2 cm³/mol. The van der Waals surface area contributed by atoms with Crippen molar-refractivity contribution in [3.8, 4) is 0 Å². The summed E-state index contributed by atoms with van der Waals surface area (Å²) in [5, 5.41) is 3.42. The van der Waals surface area contributed by atoms with Gasteiger partial charge in [-0.25, -0.2) is 0 Å². The van der Waals surface area contributed by atoms with E-state index in [2.05, 4.69) is 36.5 Å². The van der Waals surface area contributed by atoms with E-state index in [9.17, 15) is 4.79 Å². The van der Waals surface area contributed by atoms with Crippen LogP contribution in [-0.4, -0.2) is 24.2 Å². The van der Waals surface area contributed by atoms with Gasteiger partial charge in [0.1, 0.15) is 5.60 Å². The Morgan fingerprint density at radius 2 is 1.81 bits per heavy atom. The summed E-state index contributed by atoms with van der Waals surface area (Å²) in [6.45, 7) is 10.4. The number of carbonyl (C=O) groups is 1. The van der Waals surface area contributed by atoms with Crippen molar-refractivity contribution in [2.75, 3.05) is 6.54 Å². The van der Waals surface area contributed by atoms with Crippen molar-refractivity contribution in [1.29, 1.82) is 0 Å². The zero-order valence-corrected chi connectivity index (χ0v) is 14.0. The van der Waals surface area contributed by atoms with Gasteiger partial charge in [0.25, 0.3) is 0 Å². The minimum Gasteiger partial charge on any atom is -0.460 e. The van der Waals surface area contributed by atoms with Crippen molar-refractivity contribution in [2.45, 2.75) is 59.1 Å². The second-order valence-electron chi connectivity index (χ2n) is 6.77. The minimum absolute atomic E-state index is 0.122. The molecule has 0 aromatic heterocycles. The van der Waals surface area contributed by atoms with E-state index in [1.807, 2.05) is 33.8 Å². The molecule has 0 saturated carbocycles. The third kappa shape index (κ3) is 7.86. The van der Waals surface area contributed by atoms with Gasteiger partial charge in [0.15, 0.2) is 0 Å². The van der Waals surface area contributed by atoms with Gasteiger partial charge in [-0.3, -0.25) is 4.79 Å². The first-order chi connectivity index (χ1) is 9.78. The molecule has 0 saturated heterocycles. The lowest BCUT2D eigenvalue weighted by molar-refractivity contribution is -0.159. The molecule has 2 atom stereocenters. The summed E-state index contributed by atoms with van der Waals surface area (Å²) < 4.78 is 5.38. The van der Waals surface area contributed by atoms with Gasteiger partial charge in [0, 0.05) is 12.6 Å². The molecule has 1 aromatic rings. The number of rotatable bonds is 7. The van der Waals surface area contributed by atoms with Crippen LogP contribution < -0.4 is 5.32 Å². The molecule has 0 spiro atoms. The van der Waals surface area contributed by atoms with Gasteiger partial charge in [0.2, 0.25) is 0 Å². The van der Waals surface area contributed by atoms with Gasteiger partial charge >= 0.3 is 5.97 Å². The molecule has 0 aliphatic carbocycles. The largest absolute Gasteiger partial charge is 0.460 e. The molecule has 0 bridgehead atoms. The lowest BCUT2D eigenvalue weighted by Gasteiger charge is -2.23. The molecule has 3 nitrogen and oxygen atoms in total. The lowest BCUT2D eigenvalue weighted by Crippen LogP contribution is -2.36. The molecule has 0 radical (unpaired) electrons. The fourth-order valence-electron chi connectivity index (χ4n) is 1.99. The molecule has 3 heteroatoms. The maximum Gasteiger partial charge on any atom is 0.310 e. The quantitative estimate of drug-likeness (QED) is 0.780. The van der Waals surface area contributed by atoms with Gasteiger partial charge in [-0.2, -0.15) is 0 Å². The summed E-state index contributed by atoms with van der Waals surface area (Å²) in [6, 6.07) is 10.9. The van der Waals surface area contributed by atoms with E-state index in [-0.39, 0.29) is 11.9 Å². The molecule has 21 heavy (non-hydrogen) atoms. The Labute approximate surface area is 129 Å². The van der Waals surface area contributed by atoms with Gasteiger partial charge in [-0.15, -0.1) is 0 Å². The van der Waals surface area contributed by atoms with Crippen LogP contribution >= 0.6 is 0 Å². The molecule has 0 fully saturated rings. The number of carbonyl (C=O) groups excluding carboxylic acids is 1. The Bertz CT molecular complexity index is 423. The number of esters is 1. The number of hydrogen-bond acceptors (Lipinski definition) is 3. The zero-order chi connectivity index (χ0) is 15.9. The van der Waals surface area contributed by atoms with Crippen molar-refractivity contribution in [3.05, 3.63) is 35.9 Å². The second kappa shape index (κ2) is 8.18. The van der Waals surface area contributed by atoms with E-state index >= 15 is 0 Å². The number of nitrogens with one attached hydrogen (secondary N) is 1. The molecule has 1 aromatic carbocycles. The monoisotopic (exact) mass is 291 g/mol. The highest BCUT2D eigenvalue weighted by atomic mass is 16.6. The molecule has 0 heterocycles. The van der Waals surface area contributed by atoms with Gasteiger partial charge in [0.05, 0.1) is 5.92 Å². The number of benzene rings is 1. The lowest BCUT2D eigenvalue weighted by atomic mass is 10.1. The van der Waals surface area contributed by atoms with Crippen molar-refractivity contribution in [2.24, 2.45) is 5.92 Å². The van der Waals surface area contributed by atoms with Crippen LogP contribution in [0.1, 0.15) is 46.6 Å². The first kappa shape index (κ1) is 17.7. The highest BCUT2D eigenvalue weighted by Gasteiger charge is 2.21. The fourth-order valence-corrected chi connectivity index (χ4v) is 1.99. The van der Waals surface area contributed by atoms with E-state index in [0.29, 0.717) is 12.6 Å². The highest BCUT2D eigenvalue weighted by molar-refractivity contribution is 5.72. The number of ether oxygens (including phenoxy) is 1. The van der Waals surface area contributed by atoms with Gasteiger partial charge < -0.3 is 10.1 Å². The maximum absolute atomic E-state index is 11.9. The average molecular weight is 291 g/mol. The van der Waals surface area contributed by atoms with E-state index in [0.717, 1.165) is 12.8 Å². The topological polar surface area (TPSA) is 38.3 Å². The van der Waals surface area contributed by atoms with Crippen LogP contribution in [-0.2, 0) is 16.0 Å². The Balaban J connectivity index is 2.26. The van der Waals surface area contributed by atoms with E-state index < -0.39 is 5.60 Å². The van der Waals surface area contributed by atoms with Crippen LogP contribution in [0.25, 0.3) is 0 Å². The second-order valence-corrected chi connectivity index (χ2v) is 6.77. The van der Waals surface area contributed by atoms with Gasteiger partial charge in [-0.1, -0.05) is 37.3 Å². The van der Waals surface area contributed by atoms with E-state index in [1.165, 1.54) is 5.56 Å². The first-order valence-corrected chi connectivity index (χ1v) is 7.78. The highest BCUT2D eigenvalue weighted by Crippen LogP contribution is 2.11. The summed E-state index contributed by atoms with van der Waals surface area (Å²) in [5.74, 6) is -0.256. The van der Waals surface area contributed by atoms with Gasteiger partial charge in [-0.05, 0) is 46.1 Å². The van der Waals surface area contributed by atoms with Crippen LogP contribution in [0.3, 0.4) is 0 Å². The predicted octanol–water partition coefficient (Wildman–Crippen LogP) is 3.58. The number of aryl methyl sites for hydroxylation is 1. The normalized spacial score (nSPS) is 14.5. The van der Waals surface area contributed by atoms with Crippen molar-refractivity contribution in [1.82, 2.24) is 5.32 Å². The van der Waals surface area contributed by atoms with Crippen LogP contribution in [0, 0.1) is 5.92 Å². The van der Waals surface area contributed by atoms with Crippen LogP contribution in [0.15, 0.2) is 30.3 Å². The molecule has 1 N–H and O–H groups in total. The Hall–Kier alpha value is -1.35. The molecular formula is C18H29NO2. The molecular weight excluding hydrogens is 262 g/mol. The SMILES string of the molecule is C[C@@H](CCc1ccccc1)NC[C@H](C)C(=O)OC(C)(C)C. The third-order valence-electron chi connectivity index (χ3n) is 3.29. The summed E-state index contributed by atoms with van der Waals surface area (Å²) in [5.41, 5.74) is 0.941. The summed E-state index contributed by atoms with van der Waals surface area (Å²) in [6.07, 6.45) is 2.11. The number of hydrogen-bond donors (Lipinski definition) is 1. The van der Waals surface area contributed by atoms with Crippen molar-refractivity contribution >= 4 is 5.97 Å². The molecule has 118 valence electrons. The van der Waals surface area contributed by atoms with E-state index in [1.54, 1.807) is 0 Å². The first-order valence-electron chi connectivity index (χ1n) is 7.78. The summed E-state index contributed by atoms with van der Waals surface area (Å²) in [7, 11) is 0. The molecule has 0 unspecified atom stereocenters. The third-order valence-corrected chi connectivity index (χ3v) is 3.29. The van der Waals surface area contributed by atoms with Crippen molar-refractivity contribution in [3.63, 3.8) is 0 Å².